The van der Waals surface area contributed by atoms with Crippen molar-refractivity contribution in [1.82, 2.24) is 19.7 Å². The van der Waals surface area contributed by atoms with Crippen molar-refractivity contribution in [3.05, 3.63) is 45.9 Å². The molecular formula is C33H46N4O6S. The lowest BCUT2D eigenvalue weighted by Gasteiger charge is -2.48. The van der Waals surface area contributed by atoms with E-state index in [1.165, 1.54) is 16.2 Å². The van der Waals surface area contributed by atoms with E-state index < -0.39 is 23.7 Å². The third-order valence-electron chi connectivity index (χ3n) is 9.29. The van der Waals surface area contributed by atoms with Crippen molar-refractivity contribution >= 4 is 29.1 Å². The van der Waals surface area contributed by atoms with Crippen LogP contribution in [0.5, 0.6) is 5.75 Å². The van der Waals surface area contributed by atoms with Gasteiger partial charge in [-0.15, -0.1) is 11.3 Å². The standard InChI is InChI=1S/C33H46N4O6S/c1-6-43-25-16-23-17-36(31(39)28(21-11-8-7-9-12-21)37(32(40)41)33(2,3)4)27(19-35(23)18-25)30-34-26(20-44-30)29(38)22-13-10-14-24(15-22)42-5/h10,13-15,20-21,23,25,27-28H,6-9,11-12,16-19H2,1-5H3,(H,40,41)/t23-,25-,27+,28+/m1/s1. The number of methoxy groups -OCH3 is 1. The van der Waals surface area contributed by atoms with Crippen LogP contribution in [-0.2, 0) is 9.53 Å². The van der Waals surface area contributed by atoms with E-state index in [1.54, 1.807) is 36.8 Å². The van der Waals surface area contributed by atoms with Crippen molar-refractivity contribution in [2.24, 2.45) is 5.92 Å². The Morgan fingerprint density at radius 3 is 2.55 bits per heavy atom. The molecule has 2 amide bonds. The molecule has 240 valence electrons. The lowest BCUT2D eigenvalue weighted by molar-refractivity contribution is -0.147. The number of nitrogens with zero attached hydrogens (tertiary/aromatic N) is 4. The van der Waals surface area contributed by atoms with Gasteiger partial charge in [-0.3, -0.25) is 19.4 Å². The molecule has 11 heteroatoms. The molecule has 0 spiro atoms. The van der Waals surface area contributed by atoms with Crippen LogP contribution >= 0.6 is 11.3 Å². The molecule has 1 aliphatic carbocycles. The minimum atomic E-state index is -1.07. The number of ketones is 1. The molecule has 3 heterocycles. The third-order valence-corrected chi connectivity index (χ3v) is 10.2. The predicted molar refractivity (Wildman–Crippen MR) is 168 cm³/mol. The lowest BCUT2D eigenvalue weighted by Crippen LogP contribution is -2.63. The topological polar surface area (TPSA) is 113 Å². The number of carbonyl (C=O) groups excluding carboxylic acids is 2. The Hall–Kier alpha value is -3.02. The van der Waals surface area contributed by atoms with Crippen LogP contribution < -0.4 is 4.74 Å². The number of amides is 2. The minimum Gasteiger partial charge on any atom is -0.497 e. The summed E-state index contributed by atoms with van der Waals surface area (Å²) in [6.45, 7) is 10.00. The molecule has 1 N–H and O–H groups in total. The molecule has 44 heavy (non-hydrogen) atoms. The molecule has 0 bridgehead atoms. The van der Waals surface area contributed by atoms with E-state index in [9.17, 15) is 19.5 Å². The van der Waals surface area contributed by atoms with Gasteiger partial charge in [0.2, 0.25) is 11.7 Å². The second-order valence-electron chi connectivity index (χ2n) is 13.2. The van der Waals surface area contributed by atoms with Crippen LogP contribution in [0.15, 0.2) is 29.6 Å². The Morgan fingerprint density at radius 2 is 1.89 bits per heavy atom. The fourth-order valence-corrected chi connectivity index (χ4v) is 8.16. The quantitative estimate of drug-likeness (QED) is 0.365. The molecule has 0 radical (unpaired) electrons. The average Bonchev–Trinajstić information content (AvgIpc) is 3.65. The fraction of sp³-hybridized carbons (Fsp3) is 0.636. The monoisotopic (exact) mass is 626 g/mol. The molecule has 1 aromatic carbocycles. The van der Waals surface area contributed by atoms with E-state index in [0.717, 1.165) is 45.1 Å². The zero-order valence-electron chi connectivity index (χ0n) is 26.5. The van der Waals surface area contributed by atoms with Crippen molar-refractivity contribution in [2.45, 2.75) is 96.0 Å². The average molecular weight is 627 g/mol. The van der Waals surface area contributed by atoms with Gasteiger partial charge in [0.1, 0.15) is 22.5 Å². The summed E-state index contributed by atoms with van der Waals surface area (Å²) >= 11 is 1.38. The molecule has 5 rings (SSSR count). The Kier molecular flexibility index (Phi) is 9.96. The molecule has 4 atom stereocenters. The summed E-state index contributed by atoms with van der Waals surface area (Å²) in [4.78, 5) is 51.6. The Morgan fingerprint density at radius 1 is 1.14 bits per heavy atom. The first kappa shape index (κ1) is 32.4. The number of ether oxygens (including phenoxy) is 2. The maximum absolute atomic E-state index is 14.9. The summed E-state index contributed by atoms with van der Waals surface area (Å²) in [6.07, 6.45) is 4.56. The SMILES string of the molecule is CCO[C@@H]1C[C@@H]2CN(C(=O)[C@H](C3CCCCC3)N(C(=O)O)C(C)(C)C)[C@H](c3nc(C(=O)c4cccc(OC)c4)cs3)CN2C1. The maximum atomic E-state index is 14.9. The first-order chi connectivity index (χ1) is 21.0. The van der Waals surface area contributed by atoms with E-state index in [1.807, 2.05) is 32.6 Å². The summed E-state index contributed by atoms with van der Waals surface area (Å²) in [5.74, 6) is 0.177. The van der Waals surface area contributed by atoms with E-state index in [-0.39, 0.29) is 29.8 Å². The largest absolute Gasteiger partial charge is 0.497 e. The molecule has 3 fully saturated rings. The molecule has 1 saturated carbocycles. The second-order valence-corrected chi connectivity index (χ2v) is 14.1. The molecular weight excluding hydrogens is 580 g/mol. The molecule has 0 unspecified atom stereocenters. The minimum absolute atomic E-state index is 0.0495. The number of carbonyl (C=O) groups is 3. The fourth-order valence-electron chi connectivity index (χ4n) is 7.26. The van der Waals surface area contributed by atoms with Gasteiger partial charge in [0.15, 0.2) is 0 Å². The third kappa shape index (κ3) is 6.79. The molecule has 2 aromatic rings. The zero-order chi connectivity index (χ0) is 31.6. The highest BCUT2D eigenvalue weighted by atomic mass is 32.1. The number of hydrogen-bond acceptors (Lipinski definition) is 8. The van der Waals surface area contributed by atoms with E-state index in [2.05, 4.69) is 4.90 Å². The zero-order valence-corrected chi connectivity index (χ0v) is 27.3. The van der Waals surface area contributed by atoms with Crippen LogP contribution in [-0.4, -0.2) is 99.7 Å². The number of benzene rings is 1. The summed E-state index contributed by atoms with van der Waals surface area (Å²) in [5.41, 5.74) is 0.0509. The molecule has 1 aromatic heterocycles. The number of fused-ring (bicyclic) bond motifs is 1. The number of aromatic nitrogens is 1. The number of piperazine rings is 1. The van der Waals surface area contributed by atoms with Gasteiger partial charge in [-0.25, -0.2) is 9.78 Å². The first-order valence-corrected chi connectivity index (χ1v) is 16.7. The number of thiazole rings is 1. The smallest absolute Gasteiger partial charge is 0.408 e. The van der Waals surface area contributed by atoms with Crippen molar-refractivity contribution in [3.8, 4) is 5.75 Å². The van der Waals surface area contributed by atoms with Gasteiger partial charge in [-0.2, -0.15) is 0 Å². The van der Waals surface area contributed by atoms with Crippen LogP contribution in [0.2, 0.25) is 0 Å². The summed E-state index contributed by atoms with van der Waals surface area (Å²) in [6, 6.07) is 5.92. The molecule has 2 aliphatic heterocycles. The van der Waals surface area contributed by atoms with Crippen LogP contribution in [0.25, 0.3) is 0 Å². The van der Waals surface area contributed by atoms with Crippen LogP contribution in [0, 0.1) is 5.92 Å². The van der Waals surface area contributed by atoms with Crippen molar-refractivity contribution < 1.29 is 29.0 Å². The number of hydrogen-bond donors (Lipinski definition) is 1. The van der Waals surface area contributed by atoms with Gasteiger partial charge in [-0.05, 0) is 65.0 Å². The highest BCUT2D eigenvalue weighted by Gasteiger charge is 2.49. The Bertz CT molecular complexity index is 1340. The second kappa shape index (κ2) is 13.5. The van der Waals surface area contributed by atoms with Gasteiger partial charge >= 0.3 is 6.09 Å². The van der Waals surface area contributed by atoms with E-state index in [4.69, 9.17) is 14.5 Å². The Balaban J connectivity index is 1.51. The number of carboxylic acid groups (broad SMARTS) is 1. The summed E-state index contributed by atoms with van der Waals surface area (Å²) in [7, 11) is 1.56. The molecule has 2 saturated heterocycles. The van der Waals surface area contributed by atoms with Crippen molar-refractivity contribution in [3.63, 3.8) is 0 Å². The number of rotatable bonds is 9. The first-order valence-electron chi connectivity index (χ1n) is 15.8. The molecule has 10 nitrogen and oxygen atoms in total. The summed E-state index contributed by atoms with van der Waals surface area (Å²) < 4.78 is 11.3. The van der Waals surface area contributed by atoms with Gasteiger partial charge in [-0.1, -0.05) is 31.4 Å². The normalized spacial score (nSPS) is 23.7. The van der Waals surface area contributed by atoms with Crippen LogP contribution in [0.1, 0.15) is 93.3 Å². The van der Waals surface area contributed by atoms with E-state index >= 15 is 0 Å². The van der Waals surface area contributed by atoms with Crippen LogP contribution in [0.3, 0.4) is 0 Å². The van der Waals surface area contributed by atoms with Gasteiger partial charge in [0.05, 0.1) is 19.3 Å². The highest BCUT2D eigenvalue weighted by molar-refractivity contribution is 7.10. The van der Waals surface area contributed by atoms with Gasteiger partial charge in [0, 0.05) is 48.8 Å². The van der Waals surface area contributed by atoms with E-state index in [0.29, 0.717) is 41.7 Å². The summed E-state index contributed by atoms with van der Waals surface area (Å²) in [5, 5.41) is 12.9. The van der Waals surface area contributed by atoms with Crippen molar-refractivity contribution in [1.29, 1.82) is 0 Å². The molecule has 3 aliphatic rings. The Labute approximate surface area is 264 Å². The van der Waals surface area contributed by atoms with Gasteiger partial charge < -0.3 is 19.5 Å². The highest BCUT2D eigenvalue weighted by Crippen LogP contribution is 2.39. The predicted octanol–water partition coefficient (Wildman–Crippen LogP) is 5.47. The lowest BCUT2D eigenvalue weighted by atomic mass is 9.81. The maximum Gasteiger partial charge on any atom is 0.408 e. The van der Waals surface area contributed by atoms with Gasteiger partial charge in [0.25, 0.3) is 0 Å². The van der Waals surface area contributed by atoms with Crippen LogP contribution in [0.4, 0.5) is 4.79 Å². The van der Waals surface area contributed by atoms with Crippen molar-refractivity contribution in [2.75, 3.05) is 33.4 Å².